The van der Waals surface area contributed by atoms with Crippen molar-refractivity contribution in [2.45, 2.75) is 43.9 Å². The van der Waals surface area contributed by atoms with Crippen LogP contribution in [0.5, 0.6) is 5.75 Å². The number of hydrogen-bond donors (Lipinski definition) is 3. The highest BCUT2D eigenvalue weighted by molar-refractivity contribution is 7.52. The van der Waals surface area contributed by atoms with Crippen LogP contribution in [0.25, 0.3) is 11.2 Å². The number of halogens is 1. The summed E-state index contributed by atoms with van der Waals surface area (Å²) in [6.45, 7) is 0.895. The minimum absolute atomic E-state index is 0.0000336. The zero-order valence-corrected chi connectivity index (χ0v) is 24.5. The molecule has 2 aromatic carbocycles. The van der Waals surface area contributed by atoms with Gasteiger partial charge in [0.1, 0.15) is 42.9 Å². The van der Waals surface area contributed by atoms with Crippen LogP contribution in [0.2, 0.25) is 5.28 Å². The van der Waals surface area contributed by atoms with E-state index < -0.39 is 44.3 Å². The van der Waals surface area contributed by atoms with Gasteiger partial charge in [-0.1, -0.05) is 54.5 Å². The maximum atomic E-state index is 14.0. The Hall–Kier alpha value is -4.02. The van der Waals surface area contributed by atoms with Crippen LogP contribution in [0.4, 0.5) is 5.82 Å². The van der Waals surface area contributed by atoms with Crippen LogP contribution in [-0.4, -0.2) is 54.9 Å². The lowest BCUT2D eigenvalue weighted by molar-refractivity contribution is -0.146. The molecule has 0 amide bonds. The number of aliphatic hydroxyl groups is 1. The van der Waals surface area contributed by atoms with Crippen molar-refractivity contribution < 1.29 is 33.0 Å². The van der Waals surface area contributed by atoms with Crippen molar-refractivity contribution >= 4 is 42.3 Å². The van der Waals surface area contributed by atoms with E-state index in [1.54, 1.807) is 42.5 Å². The predicted octanol–water partition coefficient (Wildman–Crippen LogP) is 3.64. The summed E-state index contributed by atoms with van der Waals surface area (Å²) in [5.41, 5.74) is 5.48. The predicted molar refractivity (Wildman–Crippen MR) is 157 cm³/mol. The number of benzene rings is 2. The van der Waals surface area contributed by atoms with Crippen LogP contribution in [0.15, 0.2) is 67.0 Å². The van der Waals surface area contributed by atoms with E-state index in [0.717, 1.165) is 5.56 Å². The zero-order valence-electron chi connectivity index (χ0n) is 22.9. The second-order valence-corrected chi connectivity index (χ2v) is 11.7. The molecule has 0 unspecified atom stereocenters. The number of nitrogen functional groups attached to an aromatic ring is 1. The van der Waals surface area contributed by atoms with E-state index in [9.17, 15) is 14.5 Å². The van der Waals surface area contributed by atoms with Gasteiger partial charge in [0, 0.05) is 6.42 Å². The van der Waals surface area contributed by atoms with Crippen molar-refractivity contribution in [3.8, 4) is 18.1 Å². The van der Waals surface area contributed by atoms with Gasteiger partial charge in [0.25, 0.3) is 0 Å². The van der Waals surface area contributed by atoms with Gasteiger partial charge < -0.3 is 24.8 Å². The lowest BCUT2D eigenvalue weighted by atomic mass is 9.99. The average Bonchev–Trinajstić information content (AvgIpc) is 3.57. The standard InChI is InChI=1S/C28H28ClN6O7P/c1-3-28(21(36)14-22(41-28)35-17-31-23-24(30)32-27(29)33-25(23)35)16-40-43(38,42-20-12-8-5-9-13-20)34-18(2)26(37)39-15-19-10-6-4-7-11-19/h1,4-13,17-18,21-22,36H,14-16H2,2H3,(H,34,38)(H2,30,32,33)/t18-,21-,22+,28+,43+/m0/s1. The SMILES string of the molecule is C#C[C@]1(CO[P@](=O)(N[C@@H](C)C(=O)OCc2ccccc2)Oc2ccccc2)O[C@@H](n2cnc3c(N)nc(Cl)nc32)C[C@@H]1O. The minimum atomic E-state index is -4.32. The fourth-order valence-corrected chi connectivity index (χ4v) is 6.07. The number of carbonyl (C=O) groups excluding carboxylic acids is 1. The molecule has 0 bridgehead atoms. The molecule has 13 nitrogen and oxygen atoms in total. The Balaban J connectivity index is 1.33. The second kappa shape index (κ2) is 12.7. The number of fused-ring (bicyclic) bond motifs is 1. The van der Waals surface area contributed by atoms with E-state index in [1.807, 2.05) is 18.2 Å². The molecule has 4 aromatic rings. The normalized spacial score (nSPS) is 22.0. The number of para-hydroxylation sites is 1. The van der Waals surface area contributed by atoms with Crippen molar-refractivity contribution in [2.24, 2.45) is 0 Å². The fourth-order valence-electron chi connectivity index (χ4n) is 4.38. The quantitative estimate of drug-likeness (QED) is 0.0956. The van der Waals surface area contributed by atoms with Crippen molar-refractivity contribution in [1.82, 2.24) is 24.6 Å². The number of ether oxygens (including phenoxy) is 2. The molecule has 15 heteroatoms. The molecule has 43 heavy (non-hydrogen) atoms. The molecular weight excluding hydrogens is 599 g/mol. The number of nitrogens with zero attached hydrogens (tertiary/aromatic N) is 4. The highest BCUT2D eigenvalue weighted by Crippen LogP contribution is 2.48. The maximum Gasteiger partial charge on any atom is 0.459 e. The van der Waals surface area contributed by atoms with Crippen LogP contribution in [0.3, 0.4) is 0 Å². The van der Waals surface area contributed by atoms with Crippen LogP contribution >= 0.6 is 19.3 Å². The van der Waals surface area contributed by atoms with Crippen molar-refractivity contribution in [3.63, 3.8) is 0 Å². The van der Waals surface area contributed by atoms with Crippen LogP contribution in [0, 0.1) is 12.3 Å². The van der Waals surface area contributed by atoms with Gasteiger partial charge in [-0.2, -0.15) is 15.1 Å². The van der Waals surface area contributed by atoms with Gasteiger partial charge in [0.2, 0.25) is 5.28 Å². The number of esters is 1. The fraction of sp³-hybridized carbons (Fsp3) is 0.286. The van der Waals surface area contributed by atoms with E-state index in [4.69, 9.17) is 42.3 Å². The number of aliphatic hydroxyl groups excluding tert-OH is 1. The topological polar surface area (TPSA) is 173 Å². The van der Waals surface area contributed by atoms with Gasteiger partial charge in [-0.3, -0.25) is 13.9 Å². The summed E-state index contributed by atoms with van der Waals surface area (Å²) in [7, 11) is -4.32. The van der Waals surface area contributed by atoms with E-state index in [1.165, 1.54) is 17.8 Å². The summed E-state index contributed by atoms with van der Waals surface area (Å²) in [4.78, 5) is 25.0. The monoisotopic (exact) mass is 626 g/mol. The van der Waals surface area contributed by atoms with Gasteiger partial charge in [0.15, 0.2) is 17.1 Å². The Kier molecular flexibility index (Phi) is 8.98. The number of carbonyl (C=O) groups is 1. The smallest absolute Gasteiger partial charge is 0.459 e. The van der Waals surface area contributed by atoms with Gasteiger partial charge in [0.05, 0.1) is 6.33 Å². The molecule has 1 aliphatic heterocycles. The minimum Gasteiger partial charge on any atom is -0.460 e. The number of terminal acetylenes is 1. The Labute approximate surface area is 251 Å². The summed E-state index contributed by atoms with van der Waals surface area (Å²) < 4.78 is 38.4. The Morgan fingerprint density at radius 3 is 2.67 bits per heavy atom. The number of anilines is 1. The third kappa shape index (κ3) is 6.81. The van der Waals surface area contributed by atoms with Gasteiger partial charge >= 0.3 is 13.7 Å². The summed E-state index contributed by atoms with van der Waals surface area (Å²) in [6.07, 6.45) is 5.11. The summed E-state index contributed by atoms with van der Waals surface area (Å²) in [6, 6.07) is 16.2. The highest BCUT2D eigenvalue weighted by atomic mass is 35.5. The first kappa shape index (κ1) is 30.4. The summed E-state index contributed by atoms with van der Waals surface area (Å²) >= 11 is 5.98. The molecule has 5 rings (SSSR count). The number of rotatable bonds is 11. The summed E-state index contributed by atoms with van der Waals surface area (Å²) in [5, 5.41) is 13.5. The molecule has 5 atom stereocenters. The van der Waals surface area contributed by atoms with E-state index >= 15 is 0 Å². The van der Waals surface area contributed by atoms with Gasteiger partial charge in [-0.15, -0.1) is 6.42 Å². The third-order valence-electron chi connectivity index (χ3n) is 6.63. The molecule has 224 valence electrons. The van der Waals surface area contributed by atoms with Crippen LogP contribution in [0.1, 0.15) is 25.1 Å². The van der Waals surface area contributed by atoms with Crippen molar-refractivity contribution in [3.05, 3.63) is 77.8 Å². The lowest BCUT2D eigenvalue weighted by Crippen LogP contribution is -2.43. The molecule has 1 aliphatic rings. The van der Waals surface area contributed by atoms with Crippen molar-refractivity contribution in [2.75, 3.05) is 12.3 Å². The summed E-state index contributed by atoms with van der Waals surface area (Å²) in [5.74, 6) is 2.00. The molecule has 2 aromatic heterocycles. The largest absolute Gasteiger partial charge is 0.460 e. The molecule has 0 aliphatic carbocycles. The first-order chi connectivity index (χ1) is 20.6. The zero-order chi connectivity index (χ0) is 30.6. The third-order valence-corrected chi connectivity index (χ3v) is 8.42. The number of imidazole rings is 1. The number of hydrogen-bond acceptors (Lipinski definition) is 11. The van der Waals surface area contributed by atoms with E-state index in [0.29, 0.717) is 0 Å². The Morgan fingerprint density at radius 1 is 1.28 bits per heavy atom. The van der Waals surface area contributed by atoms with Crippen LogP contribution in [-0.2, 0) is 30.0 Å². The first-order valence-corrected chi connectivity index (χ1v) is 15.0. The number of nitrogens with two attached hydrogens (primary N) is 1. The second-order valence-electron chi connectivity index (χ2n) is 9.68. The lowest BCUT2D eigenvalue weighted by Gasteiger charge is -2.29. The Morgan fingerprint density at radius 2 is 1.98 bits per heavy atom. The molecule has 4 N–H and O–H groups in total. The highest BCUT2D eigenvalue weighted by Gasteiger charge is 2.50. The average molecular weight is 627 g/mol. The molecule has 0 spiro atoms. The molecule has 3 heterocycles. The maximum absolute atomic E-state index is 14.0. The van der Waals surface area contributed by atoms with Crippen LogP contribution < -0.4 is 15.3 Å². The van der Waals surface area contributed by atoms with Gasteiger partial charge in [-0.25, -0.2) is 9.55 Å². The number of nitrogens with one attached hydrogen (secondary N) is 1. The molecule has 1 fully saturated rings. The molecular formula is C28H28ClN6O7P. The first-order valence-electron chi connectivity index (χ1n) is 13.1. The Bertz CT molecular complexity index is 1690. The molecule has 0 saturated carbocycles. The molecule has 0 radical (unpaired) electrons. The number of aromatic nitrogens is 4. The van der Waals surface area contributed by atoms with Gasteiger partial charge in [-0.05, 0) is 36.2 Å². The van der Waals surface area contributed by atoms with E-state index in [-0.39, 0.29) is 41.0 Å². The van der Waals surface area contributed by atoms with Crippen molar-refractivity contribution in [1.29, 1.82) is 0 Å². The molecule has 1 saturated heterocycles. The van der Waals surface area contributed by atoms with E-state index in [2.05, 4.69) is 26.0 Å².